The molecule has 0 N–H and O–H groups in total. The van der Waals surface area contributed by atoms with E-state index in [0.717, 1.165) is 0 Å². The Morgan fingerprint density at radius 1 is 0.286 bits per heavy atom. The predicted molar refractivity (Wildman–Crippen MR) is 194 cm³/mol. The van der Waals surface area contributed by atoms with Crippen molar-refractivity contribution in [2.75, 3.05) is 39.6 Å². The molecule has 0 amide bonds. The molecule has 0 saturated heterocycles. The fourth-order valence-electron chi connectivity index (χ4n) is 8.17. The molecule has 0 aromatic rings. The van der Waals surface area contributed by atoms with E-state index in [-0.39, 0.29) is 24.4 Å². The second-order valence-corrected chi connectivity index (χ2v) is 18.2. The van der Waals surface area contributed by atoms with Gasteiger partial charge in [-0.3, -0.25) is 0 Å². The summed E-state index contributed by atoms with van der Waals surface area (Å²) in [5.41, 5.74) is 0. The van der Waals surface area contributed by atoms with Gasteiger partial charge in [0.05, 0.1) is 65.4 Å². The molecule has 0 heterocycles. The van der Waals surface area contributed by atoms with Crippen molar-refractivity contribution in [2.45, 2.75) is 154 Å². The molecule has 49 heavy (non-hydrogen) atoms. The van der Waals surface area contributed by atoms with Crippen LogP contribution in [-0.2, 0) is 27.1 Å². The smallest absolute Gasteiger partial charge is 0.786 e. The Balaban J connectivity index is 0.000000197. The molecular formula is C36H66O9P3Sb. The van der Waals surface area contributed by atoms with Crippen LogP contribution in [0.2, 0.25) is 0 Å². The van der Waals surface area contributed by atoms with E-state index in [9.17, 15) is 14.7 Å². The molecule has 0 bridgehead atoms. The van der Waals surface area contributed by atoms with Crippen LogP contribution in [0.15, 0.2) is 0 Å². The van der Waals surface area contributed by atoms with Crippen LogP contribution in [0.25, 0.3) is 0 Å². The van der Waals surface area contributed by atoms with Crippen molar-refractivity contribution in [3.05, 3.63) is 0 Å². The SMILES string of the molecule is [O-]P(OCC1CCCC1)OCC1CCCC1.[O-]P(OCC1CCCC1)OCC1CCCC1.[O-]P(OCC1CCCC1)OCC1CCCC1.[Sb+3]. The minimum atomic E-state index is -1.86. The maximum absolute atomic E-state index is 11.5. The summed E-state index contributed by atoms with van der Waals surface area (Å²) in [6.45, 7) is 3.75. The molecule has 6 saturated carbocycles. The number of hydrogen-bond acceptors (Lipinski definition) is 9. The van der Waals surface area contributed by atoms with Crippen LogP contribution >= 0.6 is 25.8 Å². The normalized spacial score (nSPS) is 23.1. The van der Waals surface area contributed by atoms with E-state index in [1.54, 1.807) is 0 Å². The maximum Gasteiger partial charge on any atom is 3.00 e. The van der Waals surface area contributed by atoms with Crippen LogP contribution in [0.3, 0.4) is 0 Å². The zero-order valence-corrected chi connectivity index (χ0v) is 35.4. The van der Waals surface area contributed by atoms with E-state index < -0.39 is 25.8 Å². The Labute approximate surface area is 319 Å². The van der Waals surface area contributed by atoms with E-state index in [1.807, 2.05) is 0 Å². The van der Waals surface area contributed by atoms with Crippen molar-refractivity contribution in [1.29, 1.82) is 0 Å². The van der Waals surface area contributed by atoms with E-state index in [0.29, 0.717) is 75.1 Å². The van der Waals surface area contributed by atoms with Gasteiger partial charge in [-0.15, -0.1) is 0 Å². The molecule has 6 rings (SSSR count). The fraction of sp³-hybridized carbons (Fsp3) is 1.00. The van der Waals surface area contributed by atoms with E-state index in [2.05, 4.69) is 0 Å². The fourth-order valence-corrected chi connectivity index (χ4v) is 10.4. The Bertz CT molecular complexity index is 613. The average Bonchev–Trinajstić information content (AvgIpc) is 3.96. The summed E-state index contributed by atoms with van der Waals surface area (Å²) in [6, 6.07) is 0. The first kappa shape index (κ1) is 45.1. The van der Waals surface area contributed by atoms with E-state index in [1.165, 1.54) is 154 Å². The van der Waals surface area contributed by atoms with Crippen LogP contribution in [0, 0.1) is 35.5 Å². The molecule has 2 radical (unpaired) electrons. The van der Waals surface area contributed by atoms with Crippen molar-refractivity contribution in [2.24, 2.45) is 35.5 Å². The van der Waals surface area contributed by atoms with Crippen molar-refractivity contribution in [3.8, 4) is 0 Å². The Hall–Kier alpha value is 1.75. The first-order valence-electron chi connectivity index (χ1n) is 19.7. The van der Waals surface area contributed by atoms with Gasteiger partial charge < -0.3 is 41.8 Å². The van der Waals surface area contributed by atoms with Gasteiger partial charge >= 0.3 is 24.4 Å². The molecule has 9 nitrogen and oxygen atoms in total. The van der Waals surface area contributed by atoms with E-state index in [4.69, 9.17) is 27.1 Å². The number of hydrogen-bond donors (Lipinski definition) is 0. The third-order valence-electron chi connectivity index (χ3n) is 11.3. The first-order chi connectivity index (χ1) is 23.5. The Morgan fingerprint density at radius 2 is 0.408 bits per heavy atom. The van der Waals surface area contributed by atoms with Crippen LogP contribution in [0.4, 0.5) is 0 Å². The van der Waals surface area contributed by atoms with Gasteiger partial charge in [-0.1, -0.05) is 77.0 Å². The second kappa shape index (κ2) is 28.2. The molecule has 0 aliphatic heterocycles. The van der Waals surface area contributed by atoms with Crippen molar-refractivity contribution in [3.63, 3.8) is 0 Å². The zero-order chi connectivity index (χ0) is 33.7. The van der Waals surface area contributed by atoms with Crippen molar-refractivity contribution < 1.29 is 41.8 Å². The molecule has 0 spiro atoms. The van der Waals surface area contributed by atoms with Gasteiger partial charge in [-0.2, -0.15) is 0 Å². The number of rotatable bonds is 18. The van der Waals surface area contributed by atoms with Crippen LogP contribution in [-0.4, -0.2) is 64.1 Å². The summed E-state index contributed by atoms with van der Waals surface area (Å²) in [5, 5.41) is 0. The second-order valence-electron chi connectivity index (χ2n) is 15.3. The van der Waals surface area contributed by atoms with Gasteiger partial charge in [0.15, 0.2) is 0 Å². The molecule has 13 heteroatoms. The molecule has 0 atom stereocenters. The molecule has 6 fully saturated rings. The Morgan fingerprint density at radius 3 is 0.531 bits per heavy atom. The van der Waals surface area contributed by atoms with E-state index >= 15 is 0 Å². The van der Waals surface area contributed by atoms with Gasteiger partial charge in [-0.25, -0.2) is 0 Å². The predicted octanol–water partition coefficient (Wildman–Crippen LogP) is 8.58. The van der Waals surface area contributed by atoms with Gasteiger partial charge in [0.25, 0.3) is 0 Å². The molecule has 0 unspecified atom stereocenters. The monoisotopic (exact) mass is 856 g/mol. The largest absolute Gasteiger partial charge is 3.00 e. The third kappa shape index (κ3) is 20.9. The summed E-state index contributed by atoms with van der Waals surface area (Å²) >= 11 is 0. The molecule has 284 valence electrons. The maximum atomic E-state index is 11.5. The van der Waals surface area contributed by atoms with Gasteiger partial charge in [0, 0.05) is 0 Å². The summed E-state index contributed by atoms with van der Waals surface area (Å²) in [4.78, 5) is 34.4. The third-order valence-corrected chi connectivity index (χ3v) is 13.5. The molecule has 6 aliphatic carbocycles. The topological polar surface area (TPSA) is 125 Å². The van der Waals surface area contributed by atoms with Crippen LogP contribution in [0.5, 0.6) is 0 Å². The quantitative estimate of drug-likeness (QED) is 0.0985. The minimum absolute atomic E-state index is 0. The zero-order valence-electron chi connectivity index (χ0n) is 30.1. The van der Waals surface area contributed by atoms with Gasteiger partial charge in [-0.05, 0) is 113 Å². The first-order valence-corrected chi connectivity index (χ1v) is 23.0. The molecule has 0 aromatic heterocycles. The molecule has 6 aliphatic rings. The summed E-state index contributed by atoms with van der Waals surface area (Å²) in [5.74, 6) is 3.72. The minimum Gasteiger partial charge on any atom is -0.786 e. The van der Waals surface area contributed by atoms with Crippen LogP contribution < -0.4 is 14.7 Å². The van der Waals surface area contributed by atoms with Gasteiger partial charge in [0.1, 0.15) is 0 Å². The summed E-state index contributed by atoms with van der Waals surface area (Å²) < 4.78 is 31.6. The van der Waals surface area contributed by atoms with Gasteiger partial charge in [0.2, 0.25) is 0 Å². The van der Waals surface area contributed by atoms with Crippen LogP contribution in [0.1, 0.15) is 154 Å². The molecule has 0 aromatic carbocycles. The van der Waals surface area contributed by atoms with Crippen molar-refractivity contribution in [1.82, 2.24) is 0 Å². The Kier molecular flexibility index (Phi) is 26.0. The van der Waals surface area contributed by atoms with Crippen molar-refractivity contribution >= 4 is 50.2 Å². The summed E-state index contributed by atoms with van der Waals surface area (Å²) in [7, 11) is -5.59. The molecular weight excluding hydrogens is 791 g/mol. The standard InChI is InChI=1S/3C12H22O3P.Sb/c3*13-16(14-9-11-5-1-2-6-11)15-10-12-7-3-4-8-12;/h3*11-12H,1-10H2;/q3*-1;+3. The summed E-state index contributed by atoms with van der Waals surface area (Å²) in [6.07, 6.45) is 30.3. The average molecular weight is 858 g/mol.